The van der Waals surface area contributed by atoms with Crippen molar-refractivity contribution in [3.8, 4) is 17.6 Å². The SMILES string of the molecule is CCCC1CCC(c2ccc(C#Cc3ccc(OCC)c(F)c3F)cc2)C1. The van der Waals surface area contributed by atoms with Crippen LogP contribution in [0.3, 0.4) is 0 Å². The minimum absolute atomic E-state index is 0.0400. The van der Waals surface area contributed by atoms with Crippen LogP contribution >= 0.6 is 0 Å². The van der Waals surface area contributed by atoms with Gasteiger partial charge in [0, 0.05) is 5.56 Å². The van der Waals surface area contributed by atoms with Crippen molar-refractivity contribution in [1.29, 1.82) is 0 Å². The quantitative estimate of drug-likeness (QED) is 0.551. The van der Waals surface area contributed by atoms with Gasteiger partial charge in [0.25, 0.3) is 0 Å². The Morgan fingerprint density at radius 2 is 1.74 bits per heavy atom. The van der Waals surface area contributed by atoms with Gasteiger partial charge in [-0.1, -0.05) is 43.7 Å². The summed E-state index contributed by atoms with van der Waals surface area (Å²) in [5.41, 5.74) is 2.20. The number of benzene rings is 2. The highest BCUT2D eigenvalue weighted by Gasteiger charge is 2.24. The van der Waals surface area contributed by atoms with Gasteiger partial charge in [-0.05, 0) is 67.9 Å². The van der Waals surface area contributed by atoms with Gasteiger partial charge in [-0.2, -0.15) is 4.39 Å². The third kappa shape index (κ3) is 4.69. The molecule has 1 aliphatic carbocycles. The zero-order valence-corrected chi connectivity index (χ0v) is 16.0. The van der Waals surface area contributed by atoms with Crippen molar-refractivity contribution in [1.82, 2.24) is 0 Å². The summed E-state index contributed by atoms with van der Waals surface area (Å²) in [6.45, 7) is 4.26. The summed E-state index contributed by atoms with van der Waals surface area (Å²) in [6.07, 6.45) is 6.43. The molecule has 0 saturated heterocycles. The summed E-state index contributed by atoms with van der Waals surface area (Å²) in [4.78, 5) is 0. The Morgan fingerprint density at radius 3 is 2.44 bits per heavy atom. The van der Waals surface area contributed by atoms with E-state index in [2.05, 4.69) is 30.9 Å². The molecule has 3 rings (SSSR count). The van der Waals surface area contributed by atoms with Gasteiger partial charge in [0.05, 0.1) is 12.2 Å². The molecule has 0 aromatic heterocycles. The lowest BCUT2D eigenvalue weighted by Crippen LogP contribution is -1.98. The molecular weight excluding hydrogens is 342 g/mol. The second-order valence-electron chi connectivity index (χ2n) is 7.21. The first-order chi connectivity index (χ1) is 13.1. The van der Waals surface area contributed by atoms with Crippen LogP contribution in [-0.4, -0.2) is 6.61 Å². The molecule has 2 aromatic carbocycles. The summed E-state index contributed by atoms with van der Waals surface area (Å²) in [5.74, 6) is 5.13. The standard InChI is InChI=1S/C24H26F2O/c1-3-5-18-9-13-21(16-18)19-10-6-17(7-11-19)8-12-20-14-15-22(27-4-2)24(26)23(20)25/h6-7,10-11,14-15,18,21H,3-5,9,13,16H2,1-2H3. The summed E-state index contributed by atoms with van der Waals surface area (Å²) in [6, 6.07) is 11.1. The summed E-state index contributed by atoms with van der Waals surface area (Å²) in [7, 11) is 0. The van der Waals surface area contributed by atoms with E-state index in [1.165, 1.54) is 49.8 Å². The van der Waals surface area contributed by atoms with Crippen molar-refractivity contribution in [2.75, 3.05) is 6.61 Å². The molecule has 0 bridgehead atoms. The van der Waals surface area contributed by atoms with Crippen molar-refractivity contribution in [3.05, 3.63) is 64.7 Å². The molecule has 0 radical (unpaired) electrons. The molecule has 2 atom stereocenters. The Hall–Kier alpha value is -2.34. The molecule has 2 aromatic rings. The van der Waals surface area contributed by atoms with E-state index < -0.39 is 11.6 Å². The molecule has 27 heavy (non-hydrogen) atoms. The van der Waals surface area contributed by atoms with Crippen LogP contribution in [0.25, 0.3) is 0 Å². The monoisotopic (exact) mass is 368 g/mol. The van der Waals surface area contributed by atoms with Gasteiger partial charge in [-0.25, -0.2) is 4.39 Å². The van der Waals surface area contributed by atoms with Gasteiger partial charge in [0.15, 0.2) is 11.6 Å². The molecule has 1 nitrogen and oxygen atoms in total. The third-order valence-electron chi connectivity index (χ3n) is 5.31. The Bertz CT molecular complexity index is 830. The van der Waals surface area contributed by atoms with Crippen molar-refractivity contribution >= 4 is 0 Å². The number of hydrogen-bond donors (Lipinski definition) is 0. The average molecular weight is 368 g/mol. The van der Waals surface area contributed by atoms with E-state index in [1.807, 2.05) is 12.1 Å². The van der Waals surface area contributed by atoms with Crippen LogP contribution < -0.4 is 4.74 Å². The minimum Gasteiger partial charge on any atom is -0.491 e. The first kappa shape index (κ1) is 19.4. The maximum Gasteiger partial charge on any atom is 0.201 e. The zero-order valence-electron chi connectivity index (χ0n) is 16.0. The molecule has 1 fully saturated rings. The molecule has 0 N–H and O–H groups in total. The summed E-state index contributed by atoms with van der Waals surface area (Å²) >= 11 is 0. The number of hydrogen-bond acceptors (Lipinski definition) is 1. The minimum atomic E-state index is -0.984. The van der Waals surface area contributed by atoms with Gasteiger partial charge in [-0.3, -0.25) is 0 Å². The van der Waals surface area contributed by atoms with Crippen molar-refractivity contribution < 1.29 is 13.5 Å². The zero-order chi connectivity index (χ0) is 19.2. The Kier molecular flexibility index (Phi) is 6.50. The normalized spacial score (nSPS) is 18.8. The topological polar surface area (TPSA) is 9.23 Å². The molecule has 1 saturated carbocycles. The van der Waals surface area contributed by atoms with E-state index in [0.717, 1.165) is 11.5 Å². The fourth-order valence-corrected chi connectivity index (χ4v) is 3.92. The van der Waals surface area contributed by atoms with Gasteiger partial charge in [0.1, 0.15) is 0 Å². The third-order valence-corrected chi connectivity index (χ3v) is 5.31. The molecular formula is C24H26F2O. The van der Waals surface area contributed by atoms with Gasteiger partial charge >= 0.3 is 0 Å². The molecule has 0 spiro atoms. The Morgan fingerprint density at radius 1 is 0.963 bits per heavy atom. The first-order valence-corrected chi connectivity index (χ1v) is 9.85. The Labute approximate surface area is 160 Å². The van der Waals surface area contributed by atoms with Gasteiger partial charge < -0.3 is 4.74 Å². The molecule has 0 heterocycles. The van der Waals surface area contributed by atoms with Crippen LogP contribution in [0.5, 0.6) is 5.75 Å². The van der Waals surface area contributed by atoms with Crippen LogP contribution in [-0.2, 0) is 0 Å². The lowest BCUT2D eigenvalue weighted by molar-refractivity contribution is 0.314. The van der Waals surface area contributed by atoms with Crippen LogP contribution in [0.2, 0.25) is 0 Å². The van der Waals surface area contributed by atoms with Crippen LogP contribution in [0.15, 0.2) is 36.4 Å². The highest BCUT2D eigenvalue weighted by Crippen LogP contribution is 2.40. The van der Waals surface area contributed by atoms with Crippen LogP contribution in [0.4, 0.5) is 8.78 Å². The molecule has 1 aliphatic rings. The van der Waals surface area contributed by atoms with Crippen molar-refractivity contribution in [2.45, 2.75) is 51.9 Å². The number of ether oxygens (including phenoxy) is 1. The maximum atomic E-state index is 14.1. The van der Waals surface area contributed by atoms with E-state index in [4.69, 9.17) is 4.74 Å². The maximum absolute atomic E-state index is 14.1. The van der Waals surface area contributed by atoms with E-state index in [1.54, 1.807) is 6.92 Å². The smallest absolute Gasteiger partial charge is 0.201 e. The summed E-state index contributed by atoms with van der Waals surface area (Å²) in [5, 5.41) is 0. The van der Waals surface area contributed by atoms with Gasteiger partial charge in [0.2, 0.25) is 5.82 Å². The fourth-order valence-electron chi connectivity index (χ4n) is 3.92. The van der Waals surface area contributed by atoms with E-state index in [-0.39, 0.29) is 17.9 Å². The van der Waals surface area contributed by atoms with Crippen LogP contribution in [0, 0.1) is 29.4 Å². The highest BCUT2D eigenvalue weighted by molar-refractivity contribution is 5.46. The fraction of sp³-hybridized carbons (Fsp3) is 0.417. The largest absolute Gasteiger partial charge is 0.491 e. The van der Waals surface area contributed by atoms with E-state index >= 15 is 0 Å². The van der Waals surface area contributed by atoms with Crippen LogP contribution in [0.1, 0.15) is 68.6 Å². The van der Waals surface area contributed by atoms with Crippen molar-refractivity contribution in [3.63, 3.8) is 0 Å². The van der Waals surface area contributed by atoms with Crippen molar-refractivity contribution in [2.24, 2.45) is 5.92 Å². The predicted octanol–water partition coefficient (Wildman–Crippen LogP) is 6.45. The predicted molar refractivity (Wildman–Crippen MR) is 105 cm³/mol. The molecule has 142 valence electrons. The number of halogens is 2. The summed E-state index contributed by atoms with van der Waals surface area (Å²) < 4.78 is 33.1. The van der Waals surface area contributed by atoms with E-state index in [9.17, 15) is 8.78 Å². The number of rotatable bonds is 5. The molecule has 0 aliphatic heterocycles. The Balaban J connectivity index is 1.70. The molecule has 0 amide bonds. The van der Waals surface area contributed by atoms with Gasteiger partial charge in [-0.15, -0.1) is 0 Å². The van der Waals surface area contributed by atoms with E-state index in [0.29, 0.717) is 5.92 Å². The highest BCUT2D eigenvalue weighted by atomic mass is 19.2. The molecule has 3 heteroatoms. The first-order valence-electron chi connectivity index (χ1n) is 9.85. The second-order valence-corrected chi connectivity index (χ2v) is 7.21. The average Bonchev–Trinajstić information content (AvgIpc) is 3.14. The second kappa shape index (κ2) is 9.04. The lowest BCUT2D eigenvalue weighted by Gasteiger charge is -2.11. The molecule has 2 unspecified atom stereocenters. The lowest BCUT2D eigenvalue weighted by atomic mass is 9.94.